The van der Waals surface area contributed by atoms with Gasteiger partial charge in [-0.1, -0.05) is 11.6 Å². The van der Waals surface area contributed by atoms with Crippen LogP contribution in [0.3, 0.4) is 0 Å². The van der Waals surface area contributed by atoms with Crippen molar-refractivity contribution in [3.05, 3.63) is 23.5 Å². The van der Waals surface area contributed by atoms with Crippen LogP contribution < -0.4 is 5.32 Å². The molecule has 1 aliphatic heterocycles. The van der Waals surface area contributed by atoms with E-state index < -0.39 is 0 Å². The van der Waals surface area contributed by atoms with Gasteiger partial charge in [-0.15, -0.1) is 0 Å². The van der Waals surface area contributed by atoms with Gasteiger partial charge >= 0.3 is 0 Å². The lowest BCUT2D eigenvalue weighted by Gasteiger charge is -2.23. The molecule has 0 aliphatic carbocycles. The fourth-order valence-corrected chi connectivity index (χ4v) is 2.81. The number of aromatic nitrogens is 1. The zero-order chi connectivity index (χ0) is 9.80. The molecule has 0 radical (unpaired) electrons. The topological polar surface area (TPSA) is 24.9 Å². The maximum Gasteiger partial charge on any atom is 0.152 e. The second kappa shape index (κ2) is 4.89. The largest absolute Gasteiger partial charge is 0.379 e. The van der Waals surface area contributed by atoms with Crippen molar-refractivity contribution in [1.29, 1.82) is 0 Å². The van der Waals surface area contributed by atoms with Gasteiger partial charge in [-0.05, 0) is 30.7 Å². The van der Waals surface area contributed by atoms with Crippen LogP contribution >= 0.6 is 23.4 Å². The molecule has 1 saturated heterocycles. The molecule has 1 aliphatic rings. The van der Waals surface area contributed by atoms with E-state index in [0.717, 1.165) is 5.69 Å². The lowest BCUT2D eigenvalue weighted by molar-refractivity contribution is 0.685. The van der Waals surface area contributed by atoms with Gasteiger partial charge in [0.1, 0.15) is 0 Å². The molecule has 2 heterocycles. The number of pyridine rings is 1. The molecule has 0 bridgehead atoms. The van der Waals surface area contributed by atoms with Crippen molar-refractivity contribution in [3.8, 4) is 0 Å². The van der Waals surface area contributed by atoms with E-state index in [9.17, 15) is 0 Å². The Morgan fingerprint density at radius 3 is 3.21 bits per heavy atom. The second-order valence-electron chi connectivity index (χ2n) is 3.40. The van der Waals surface area contributed by atoms with Crippen molar-refractivity contribution in [2.24, 2.45) is 0 Å². The van der Waals surface area contributed by atoms with Crippen molar-refractivity contribution < 1.29 is 0 Å². The summed E-state index contributed by atoms with van der Waals surface area (Å²) in [6.07, 6.45) is 4.24. The van der Waals surface area contributed by atoms with Gasteiger partial charge in [-0.25, -0.2) is 4.98 Å². The van der Waals surface area contributed by atoms with E-state index in [4.69, 9.17) is 11.6 Å². The Morgan fingerprint density at radius 1 is 1.57 bits per heavy atom. The summed E-state index contributed by atoms with van der Waals surface area (Å²) in [6, 6.07) is 4.44. The summed E-state index contributed by atoms with van der Waals surface area (Å²) >= 11 is 7.97. The van der Waals surface area contributed by atoms with Crippen molar-refractivity contribution in [3.63, 3.8) is 0 Å². The van der Waals surface area contributed by atoms with Crippen LogP contribution in [0.2, 0.25) is 5.15 Å². The smallest absolute Gasteiger partial charge is 0.152 e. The van der Waals surface area contributed by atoms with Crippen LogP contribution in [0.25, 0.3) is 0 Å². The van der Waals surface area contributed by atoms with Crippen molar-refractivity contribution in [2.75, 3.05) is 16.8 Å². The number of anilines is 1. The van der Waals surface area contributed by atoms with Crippen LogP contribution in [0.1, 0.15) is 12.8 Å². The minimum absolute atomic E-state index is 0.551. The predicted octanol–water partition coefficient (Wildman–Crippen LogP) is 3.04. The summed E-state index contributed by atoms with van der Waals surface area (Å²) in [5.74, 6) is 2.46. The molecular formula is C10H13ClN2S. The first-order valence-corrected chi connectivity index (χ1v) is 6.34. The van der Waals surface area contributed by atoms with E-state index in [1.54, 1.807) is 6.20 Å². The Hall–Kier alpha value is -0.410. The number of halogens is 1. The van der Waals surface area contributed by atoms with Crippen LogP contribution in [-0.2, 0) is 0 Å². The first kappa shape index (κ1) is 10.1. The number of hydrogen-bond donors (Lipinski definition) is 1. The third-order valence-electron chi connectivity index (χ3n) is 2.28. The Kier molecular flexibility index (Phi) is 3.54. The van der Waals surface area contributed by atoms with Gasteiger partial charge in [0.25, 0.3) is 0 Å². The fourth-order valence-electron chi connectivity index (χ4n) is 1.57. The van der Waals surface area contributed by atoms with Crippen LogP contribution in [0.15, 0.2) is 18.3 Å². The average molecular weight is 229 g/mol. The Balaban J connectivity index is 1.99. The third-order valence-corrected chi connectivity index (χ3v) is 3.80. The Morgan fingerprint density at radius 2 is 2.50 bits per heavy atom. The first-order chi connectivity index (χ1) is 6.86. The SMILES string of the molecule is Clc1ncccc1NC1CCCSC1. The molecule has 1 atom stereocenters. The maximum absolute atomic E-state index is 5.96. The number of hydrogen-bond acceptors (Lipinski definition) is 3. The van der Waals surface area contributed by atoms with Crippen LogP contribution in [-0.4, -0.2) is 22.5 Å². The van der Waals surface area contributed by atoms with Gasteiger partial charge in [0.2, 0.25) is 0 Å². The molecule has 0 saturated carbocycles. The third kappa shape index (κ3) is 2.55. The van der Waals surface area contributed by atoms with Crippen molar-refractivity contribution in [1.82, 2.24) is 4.98 Å². The molecule has 1 unspecified atom stereocenters. The maximum atomic E-state index is 5.96. The molecule has 1 aromatic rings. The van der Waals surface area contributed by atoms with E-state index >= 15 is 0 Å². The lowest BCUT2D eigenvalue weighted by atomic mass is 10.2. The second-order valence-corrected chi connectivity index (χ2v) is 4.91. The standard InChI is InChI=1S/C10H13ClN2S/c11-10-9(4-1-5-12-10)13-8-3-2-6-14-7-8/h1,4-5,8,13H,2-3,6-7H2. The zero-order valence-corrected chi connectivity index (χ0v) is 9.44. The van der Waals surface area contributed by atoms with Crippen molar-refractivity contribution >= 4 is 29.1 Å². The first-order valence-electron chi connectivity index (χ1n) is 4.81. The molecule has 0 aromatic carbocycles. The minimum Gasteiger partial charge on any atom is -0.379 e. The summed E-state index contributed by atoms with van der Waals surface area (Å²) in [5.41, 5.74) is 0.960. The highest BCUT2D eigenvalue weighted by atomic mass is 35.5. The molecule has 2 nitrogen and oxygen atoms in total. The van der Waals surface area contributed by atoms with Gasteiger partial charge in [-0.2, -0.15) is 11.8 Å². The normalized spacial score (nSPS) is 21.9. The Labute approximate surface area is 93.4 Å². The highest BCUT2D eigenvalue weighted by molar-refractivity contribution is 7.99. The molecule has 14 heavy (non-hydrogen) atoms. The van der Waals surface area contributed by atoms with E-state index in [1.165, 1.54) is 24.3 Å². The lowest BCUT2D eigenvalue weighted by Crippen LogP contribution is -2.25. The molecule has 0 amide bonds. The minimum atomic E-state index is 0.551. The number of nitrogens with zero attached hydrogens (tertiary/aromatic N) is 1. The molecule has 1 aromatic heterocycles. The molecular weight excluding hydrogens is 216 g/mol. The fraction of sp³-hybridized carbons (Fsp3) is 0.500. The summed E-state index contributed by atoms with van der Waals surface area (Å²) in [4.78, 5) is 4.04. The van der Waals surface area contributed by atoms with Gasteiger partial charge in [-0.3, -0.25) is 0 Å². The summed E-state index contributed by atoms with van der Waals surface area (Å²) < 4.78 is 0. The quantitative estimate of drug-likeness (QED) is 0.788. The van der Waals surface area contributed by atoms with Gasteiger partial charge in [0.05, 0.1) is 5.69 Å². The highest BCUT2D eigenvalue weighted by Gasteiger charge is 2.14. The Bertz CT molecular complexity index is 300. The van der Waals surface area contributed by atoms with Crippen LogP contribution in [0.5, 0.6) is 0 Å². The van der Waals surface area contributed by atoms with E-state index in [1.807, 2.05) is 23.9 Å². The molecule has 1 fully saturated rings. The number of thioether (sulfide) groups is 1. The zero-order valence-electron chi connectivity index (χ0n) is 7.87. The van der Waals surface area contributed by atoms with E-state index in [-0.39, 0.29) is 0 Å². The van der Waals surface area contributed by atoms with E-state index in [0.29, 0.717) is 11.2 Å². The molecule has 76 valence electrons. The summed E-state index contributed by atoms with van der Waals surface area (Å²) in [5, 5.41) is 4.01. The highest BCUT2D eigenvalue weighted by Crippen LogP contribution is 2.24. The average Bonchev–Trinajstić information content (AvgIpc) is 2.23. The summed E-state index contributed by atoms with van der Waals surface area (Å²) in [6.45, 7) is 0. The van der Waals surface area contributed by atoms with Gasteiger partial charge < -0.3 is 5.32 Å². The van der Waals surface area contributed by atoms with Crippen LogP contribution in [0, 0.1) is 0 Å². The molecule has 1 N–H and O–H groups in total. The van der Waals surface area contributed by atoms with Crippen LogP contribution in [0.4, 0.5) is 5.69 Å². The van der Waals surface area contributed by atoms with Gasteiger partial charge in [0, 0.05) is 18.0 Å². The molecule has 4 heteroatoms. The monoisotopic (exact) mass is 228 g/mol. The van der Waals surface area contributed by atoms with E-state index in [2.05, 4.69) is 10.3 Å². The number of rotatable bonds is 2. The van der Waals surface area contributed by atoms with Crippen molar-refractivity contribution in [2.45, 2.75) is 18.9 Å². The number of nitrogens with one attached hydrogen (secondary N) is 1. The molecule has 2 rings (SSSR count). The molecule has 0 spiro atoms. The van der Waals surface area contributed by atoms with Gasteiger partial charge in [0.15, 0.2) is 5.15 Å². The predicted molar refractivity (Wildman–Crippen MR) is 63.2 cm³/mol. The summed E-state index contributed by atoms with van der Waals surface area (Å²) in [7, 11) is 0.